The van der Waals surface area contributed by atoms with Crippen LogP contribution in [-0.2, 0) is 4.79 Å². The highest BCUT2D eigenvalue weighted by atomic mass is 32.1. The van der Waals surface area contributed by atoms with Gasteiger partial charge in [0.05, 0.1) is 11.6 Å². The predicted molar refractivity (Wildman–Crippen MR) is 72.3 cm³/mol. The van der Waals surface area contributed by atoms with E-state index < -0.39 is 11.6 Å². The van der Waals surface area contributed by atoms with Gasteiger partial charge in [0.1, 0.15) is 0 Å². The Labute approximate surface area is 111 Å². The van der Waals surface area contributed by atoms with Gasteiger partial charge >= 0.3 is 0 Å². The molecule has 1 amide bonds. The van der Waals surface area contributed by atoms with Gasteiger partial charge in [0.15, 0.2) is 0 Å². The Kier molecular flexibility index (Phi) is 4.37. The van der Waals surface area contributed by atoms with Crippen LogP contribution in [0.15, 0.2) is 16.8 Å². The predicted octanol–water partition coefficient (Wildman–Crippen LogP) is 1.56. The number of rotatable bonds is 4. The topological polar surface area (TPSA) is 75.4 Å². The first kappa shape index (κ1) is 13.5. The molecule has 2 rings (SSSR count). The van der Waals surface area contributed by atoms with Crippen molar-refractivity contribution in [3.63, 3.8) is 0 Å². The van der Waals surface area contributed by atoms with Crippen LogP contribution >= 0.6 is 11.3 Å². The van der Waals surface area contributed by atoms with Gasteiger partial charge in [-0.3, -0.25) is 4.79 Å². The minimum Gasteiger partial charge on any atom is -0.387 e. The molecule has 18 heavy (non-hydrogen) atoms. The van der Waals surface area contributed by atoms with Crippen molar-refractivity contribution in [3.05, 3.63) is 22.4 Å². The first-order chi connectivity index (χ1) is 8.62. The first-order valence-corrected chi connectivity index (χ1v) is 7.33. The molecule has 5 heteroatoms. The molecule has 1 aliphatic carbocycles. The molecule has 1 unspecified atom stereocenters. The van der Waals surface area contributed by atoms with E-state index in [2.05, 4.69) is 5.32 Å². The Hall–Kier alpha value is -0.910. The van der Waals surface area contributed by atoms with Crippen molar-refractivity contribution >= 4 is 17.2 Å². The summed E-state index contributed by atoms with van der Waals surface area (Å²) in [6.07, 6.45) is 4.02. The summed E-state index contributed by atoms with van der Waals surface area (Å²) in [5, 5.41) is 16.5. The Balaban J connectivity index is 1.84. The fourth-order valence-corrected chi connectivity index (χ4v) is 3.06. The van der Waals surface area contributed by atoms with Crippen LogP contribution in [0.3, 0.4) is 0 Å². The maximum atomic E-state index is 12.0. The molecular weight excluding hydrogens is 248 g/mol. The van der Waals surface area contributed by atoms with E-state index in [1.807, 2.05) is 16.8 Å². The lowest BCUT2D eigenvalue weighted by Crippen LogP contribution is -2.55. The fourth-order valence-electron chi connectivity index (χ4n) is 2.36. The monoisotopic (exact) mass is 268 g/mol. The SMILES string of the molecule is NC1(C(=O)NCC(O)c2ccsc2)CCCCC1. The molecule has 0 bridgehead atoms. The molecule has 0 radical (unpaired) electrons. The largest absolute Gasteiger partial charge is 0.387 e. The summed E-state index contributed by atoms with van der Waals surface area (Å²) in [5.41, 5.74) is 6.23. The number of amides is 1. The molecule has 0 spiro atoms. The molecule has 1 atom stereocenters. The highest BCUT2D eigenvalue weighted by Gasteiger charge is 2.35. The third-order valence-corrected chi connectivity index (χ3v) is 4.28. The molecule has 4 nitrogen and oxygen atoms in total. The second-order valence-corrected chi connectivity index (χ2v) is 5.78. The third kappa shape index (κ3) is 3.10. The third-order valence-electron chi connectivity index (χ3n) is 3.58. The number of aliphatic hydroxyl groups is 1. The minimum absolute atomic E-state index is 0.128. The second kappa shape index (κ2) is 5.82. The summed E-state index contributed by atoms with van der Waals surface area (Å²) in [6, 6.07) is 1.86. The van der Waals surface area contributed by atoms with Crippen molar-refractivity contribution in [1.29, 1.82) is 0 Å². The van der Waals surface area contributed by atoms with Crippen LogP contribution in [0.25, 0.3) is 0 Å². The van der Waals surface area contributed by atoms with Gasteiger partial charge in [-0.15, -0.1) is 0 Å². The lowest BCUT2D eigenvalue weighted by molar-refractivity contribution is -0.128. The maximum Gasteiger partial charge on any atom is 0.240 e. The molecule has 100 valence electrons. The number of hydrogen-bond acceptors (Lipinski definition) is 4. The minimum atomic E-state index is -0.730. The van der Waals surface area contributed by atoms with E-state index in [9.17, 15) is 9.90 Å². The Morgan fingerprint density at radius 1 is 1.50 bits per heavy atom. The van der Waals surface area contributed by atoms with E-state index in [0.717, 1.165) is 37.7 Å². The molecule has 0 aromatic carbocycles. The van der Waals surface area contributed by atoms with Crippen LogP contribution < -0.4 is 11.1 Å². The zero-order valence-electron chi connectivity index (χ0n) is 10.4. The lowest BCUT2D eigenvalue weighted by atomic mass is 9.82. The highest BCUT2D eigenvalue weighted by Crippen LogP contribution is 2.26. The summed E-state index contributed by atoms with van der Waals surface area (Å²) in [7, 11) is 0. The van der Waals surface area contributed by atoms with Gasteiger partial charge in [-0.2, -0.15) is 11.3 Å². The second-order valence-electron chi connectivity index (χ2n) is 5.00. The van der Waals surface area contributed by atoms with E-state index in [4.69, 9.17) is 5.73 Å². The number of carbonyl (C=O) groups excluding carboxylic acids is 1. The normalized spacial score (nSPS) is 20.3. The molecular formula is C13H20N2O2S. The molecule has 1 saturated carbocycles. The lowest BCUT2D eigenvalue weighted by Gasteiger charge is -2.32. The Bertz CT molecular complexity index is 386. The van der Waals surface area contributed by atoms with Gasteiger partial charge in [-0.1, -0.05) is 19.3 Å². The van der Waals surface area contributed by atoms with Crippen LogP contribution in [0.5, 0.6) is 0 Å². The number of hydrogen-bond donors (Lipinski definition) is 3. The van der Waals surface area contributed by atoms with Gasteiger partial charge in [0.2, 0.25) is 5.91 Å². The van der Waals surface area contributed by atoms with Crippen molar-refractivity contribution in [2.45, 2.75) is 43.7 Å². The summed E-state index contributed by atoms with van der Waals surface area (Å²) in [6.45, 7) is 0.231. The van der Waals surface area contributed by atoms with Gasteiger partial charge in [0, 0.05) is 6.54 Å². The Morgan fingerprint density at radius 2 is 2.22 bits per heavy atom. The van der Waals surface area contributed by atoms with E-state index in [-0.39, 0.29) is 12.5 Å². The number of nitrogens with one attached hydrogen (secondary N) is 1. The van der Waals surface area contributed by atoms with E-state index in [1.54, 1.807) is 0 Å². The first-order valence-electron chi connectivity index (χ1n) is 6.39. The van der Waals surface area contributed by atoms with Crippen LogP contribution in [0.1, 0.15) is 43.8 Å². The molecule has 1 aromatic rings. The number of aliphatic hydroxyl groups excluding tert-OH is 1. The van der Waals surface area contributed by atoms with Gasteiger partial charge < -0.3 is 16.2 Å². The zero-order chi connectivity index (χ0) is 13.0. The van der Waals surface area contributed by atoms with Crippen molar-refractivity contribution in [2.24, 2.45) is 5.73 Å². The molecule has 1 aliphatic rings. The molecule has 0 saturated heterocycles. The number of thiophene rings is 1. The molecule has 0 aliphatic heterocycles. The van der Waals surface area contributed by atoms with E-state index in [0.29, 0.717) is 0 Å². The van der Waals surface area contributed by atoms with Gasteiger partial charge in [0.25, 0.3) is 0 Å². The molecule has 1 heterocycles. The number of carbonyl (C=O) groups is 1. The summed E-state index contributed by atoms with van der Waals surface area (Å²) >= 11 is 1.53. The van der Waals surface area contributed by atoms with Crippen LogP contribution in [-0.4, -0.2) is 23.1 Å². The summed E-state index contributed by atoms with van der Waals surface area (Å²) in [5.74, 6) is -0.128. The fraction of sp³-hybridized carbons (Fsp3) is 0.615. The van der Waals surface area contributed by atoms with Crippen molar-refractivity contribution in [1.82, 2.24) is 5.32 Å². The van der Waals surface area contributed by atoms with Crippen LogP contribution in [0, 0.1) is 0 Å². The highest BCUT2D eigenvalue weighted by molar-refractivity contribution is 7.07. The maximum absolute atomic E-state index is 12.0. The summed E-state index contributed by atoms with van der Waals surface area (Å²) in [4.78, 5) is 12.0. The number of nitrogens with two attached hydrogens (primary N) is 1. The molecule has 1 fully saturated rings. The summed E-state index contributed by atoms with van der Waals surface area (Å²) < 4.78 is 0. The van der Waals surface area contributed by atoms with E-state index >= 15 is 0 Å². The van der Waals surface area contributed by atoms with Crippen molar-refractivity contribution in [3.8, 4) is 0 Å². The average molecular weight is 268 g/mol. The van der Waals surface area contributed by atoms with Crippen LogP contribution in [0.4, 0.5) is 0 Å². The van der Waals surface area contributed by atoms with Crippen molar-refractivity contribution < 1.29 is 9.90 Å². The zero-order valence-corrected chi connectivity index (χ0v) is 11.2. The quantitative estimate of drug-likeness (QED) is 0.775. The standard InChI is InChI=1S/C13H20N2O2S/c14-13(5-2-1-3-6-13)12(17)15-8-11(16)10-4-7-18-9-10/h4,7,9,11,16H,1-3,5-6,8,14H2,(H,15,17). The smallest absolute Gasteiger partial charge is 0.240 e. The average Bonchev–Trinajstić information content (AvgIpc) is 2.90. The Morgan fingerprint density at radius 3 is 2.83 bits per heavy atom. The molecule has 4 N–H and O–H groups in total. The van der Waals surface area contributed by atoms with Gasteiger partial charge in [-0.25, -0.2) is 0 Å². The van der Waals surface area contributed by atoms with Crippen LogP contribution in [0.2, 0.25) is 0 Å². The van der Waals surface area contributed by atoms with Crippen molar-refractivity contribution in [2.75, 3.05) is 6.54 Å². The molecule has 1 aromatic heterocycles. The van der Waals surface area contributed by atoms with E-state index in [1.165, 1.54) is 11.3 Å². The van der Waals surface area contributed by atoms with Gasteiger partial charge in [-0.05, 0) is 35.2 Å².